The van der Waals surface area contributed by atoms with Crippen molar-refractivity contribution in [1.82, 2.24) is 10.3 Å². The quantitative estimate of drug-likeness (QED) is 0.442. The van der Waals surface area contributed by atoms with Crippen LogP contribution in [0.15, 0.2) is 36.5 Å². The Kier molecular flexibility index (Phi) is 7.28. The molecule has 0 amide bonds. The first-order valence-electron chi connectivity index (χ1n) is 11.7. The van der Waals surface area contributed by atoms with Crippen LogP contribution in [0.1, 0.15) is 45.4 Å². The number of nitrogens with one attached hydrogen (secondary N) is 3. The van der Waals surface area contributed by atoms with E-state index in [4.69, 9.17) is 4.74 Å². The number of nitrogens with zero attached hydrogens (tertiary/aromatic N) is 1. The minimum absolute atomic E-state index is 0.337. The molecule has 1 heterocycles. The Morgan fingerprint density at radius 3 is 2.66 bits per heavy atom. The maximum absolute atomic E-state index is 14.6. The minimum Gasteiger partial charge on any atom is -0.388 e. The van der Waals surface area contributed by atoms with Gasteiger partial charge in [0, 0.05) is 43.0 Å². The van der Waals surface area contributed by atoms with Crippen molar-refractivity contribution in [1.29, 1.82) is 0 Å². The lowest BCUT2D eigenvalue weighted by Gasteiger charge is -2.31. The van der Waals surface area contributed by atoms with E-state index in [-0.39, 0.29) is 5.82 Å². The van der Waals surface area contributed by atoms with Gasteiger partial charge in [-0.1, -0.05) is 12.1 Å². The number of anilines is 2. The van der Waals surface area contributed by atoms with Gasteiger partial charge in [0.1, 0.15) is 11.6 Å². The first kappa shape index (κ1) is 23.0. The number of benzene rings is 1. The van der Waals surface area contributed by atoms with Gasteiger partial charge >= 0.3 is 0 Å². The molecule has 7 heteroatoms. The first-order chi connectivity index (χ1) is 15.4. The van der Waals surface area contributed by atoms with Gasteiger partial charge < -0.3 is 25.8 Å². The molecule has 32 heavy (non-hydrogen) atoms. The maximum Gasteiger partial charge on any atom is 0.149 e. The van der Waals surface area contributed by atoms with Crippen LogP contribution in [0.4, 0.5) is 15.9 Å². The van der Waals surface area contributed by atoms with E-state index >= 15 is 0 Å². The Labute approximate surface area is 190 Å². The highest BCUT2D eigenvalue weighted by Gasteiger charge is 2.39. The number of ether oxygens (including phenoxy) is 1. The van der Waals surface area contributed by atoms with Gasteiger partial charge in [-0.3, -0.25) is 0 Å². The molecule has 1 aromatic carbocycles. The molecule has 0 aliphatic heterocycles. The number of methoxy groups -OCH3 is 1. The fourth-order valence-corrected chi connectivity index (χ4v) is 4.44. The molecule has 0 radical (unpaired) electrons. The second-order valence-electron chi connectivity index (χ2n) is 9.42. The molecule has 2 saturated carbocycles. The lowest BCUT2D eigenvalue weighted by atomic mass is 9.90. The highest BCUT2D eigenvalue weighted by Crippen LogP contribution is 2.35. The Morgan fingerprint density at radius 2 is 1.94 bits per heavy atom. The molecular formula is C25H35FN4O2. The minimum atomic E-state index is -0.578. The summed E-state index contributed by atoms with van der Waals surface area (Å²) in [5, 5.41) is 20.4. The molecule has 0 spiro atoms. The third-order valence-corrected chi connectivity index (χ3v) is 6.49. The van der Waals surface area contributed by atoms with Gasteiger partial charge in [0.25, 0.3) is 0 Å². The molecule has 6 nitrogen and oxygen atoms in total. The summed E-state index contributed by atoms with van der Waals surface area (Å²) >= 11 is 0. The fraction of sp³-hybridized carbons (Fsp3) is 0.560. The molecule has 4 N–H and O–H groups in total. The van der Waals surface area contributed by atoms with Crippen molar-refractivity contribution in [3.05, 3.63) is 42.3 Å². The summed E-state index contributed by atoms with van der Waals surface area (Å²) in [6.45, 7) is 3.39. The summed E-state index contributed by atoms with van der Waals surface area (Å²) in [4.78, 5) is 4.28. The van der Waals surface area contributed by atoms with Crippen LogP contribution in [0.2, 0.25) is 0 Å². The Hall–Kier alpha value is -2.22. The zero-order chi connectivity index (χ0) is 22.6. The molecule has 1 aromatic heterocycles. The van der Waals surface area contributed by atoms with Gasteiger partial charge in [0.15, 0.2) is 0 Å². The average molecular weight is 443 g/mol. The lowest BCUT2D eigenvalue weighted by molar-refractivity contribution is 0.161. The standard InChI is InChI=1S/C25H35FN4O2/c1-17(15-32-2)29-19-6-8-20(9-7-19)30-24-13-22(23(26)14-27-24)18-4-3-5-21(12-18)28-16-25(31)10-11-25/h3-5,12-14,17,19-20,28-29,31H,6-11,15-16H2,1-2H3,(H,27,30)/t17-,19?,20?/m0/s1. The number of pyridine rings is 1. The third kappa shape index (κ3) is 6.18. The molecule has 0 saturated heterocycles. The predicted molar refractivity (Wildman–Crippen MR) is 126 cm³/mol. The fourth-order valence-electron chi connectivity index (χ4n) is 4.44. The van der Waals surface area contributed by atoms with E-state index < -0.39 is 5.60 Å². The summed E-state index contributed by atoms with van der Waals surface area (Å²) in [6, 6.07) is 10.7. The highest BCUT2D eigenvalue weighted by atomic mass is 19.1. The van der Waals surface area contributed by atoms with Crippen molar-refractivity contribution in [2.45, 2.75) is 69.2 Å². The van der Waals surface area contributed by atoms with Gasteiger partial charge in [0.05, 0.1) is 18.4 Å². The van der Waals surface area contributed by atoms with E-state index in [2.05, 4.69) is 27.9 Å². The Bertz CT molecular complexity index is 897. The average Bonchev–Trinajstić information content (AvgIpc) is 3.53. The summed E-state index contributed by atoms with van der Waals surface area (Å²) in [5.74, 6) is 0.366. The Balaban J connectivity index is 1.36. The SMILES string of the molecule is COC[C@H](C)NC1CCC(Nc2cc(-c3cccc(NCC4(O)CC4)c3)c(F)cn2)CC1. The molecule has 4 rings (SSSR count). The summed E-state index contributed by atoms with van der Waals surface area (Å²) in [7, 11) is 1.73. The van der Waals surface area contributed by atoms with Crippen molar-refractivity contribution in [2.75, 3.05) is 30.9 Å². The molecular weight excluding hydrogens is 407 g/mol. The summed E-state index contributed by atoms with van der Waals surface area (Å²) < 4.78 is 19.8. The van der Waals surface area contributed by atoms with Gasteiger partial charge in [-0.15, -0.1) is 0 Å². The number of aromatic nitrogens is 1. The number of hydrogen-bond donors (Lipinski definition) is 4. The van der Waals surface area contributed by atoms with Crippen molar-refractivity contribution < 1.29 is 14.2 Å². The van der Waals surface area contributed by atoms with Crippen LogP contribution in [0.25, 0.3) is 11.1 Å². The molecule has 0 unspecified atom stereocenters. The number of halogens is 1. The molecule has 2 fully saturated rings. The molecule has 2 aromatic rings. The number of rotatable bonds is 10. The topological polar surface area (TPSA) is 78.4 Å². The van der Waals surface area contributed by atoms with Crippen molar-refractivity contribution >= 4 is 11.5 Å². The Morgan fingerprint density at radius 1 is 1.19 bits per heavy atom. The monoisotopic (exact) mass is 442 g/mol. The van der Waals surface area contributed by atoms with E-state index in [9.17, 15) is 9.50 Å². The highest BCUT2D eigenvalue weighted by molar-refractivity contribution is 5.70. The largest absolute Gasteiger partial charge is 0.388 e. The van der Waals surface area contributed by atoms with E-state index in [0.717, 1.165) is 56.4 Å². The zero-order valence-corrected chi connectivity index (χ0v) is 19.0. The van der Waals surface area contributed by atoms with E-state index in [1.807, 2.05) is 24.3 Å². The van der Waals surface area contributed by atoms with Crippen LogP contribution in [0, 0.1) is 5.82 Å². The van der Waals surface area contributed by atoms with Crippen LogP contribution in [-0.2, 0) is 4.74 Å². The number of hydrogen-bond acceptors (Lipinski definition) is 6. The van der Waals surface area contributed by atoms with Crippen molar-refractivity contribution in [2.24, 2.45) is 0 Å². The predicted octanol–water partition coefficient (Wildman–Crippen LogP) is 4.17. The molecule has 2 aliphatic rings. The van der Waals surface area contributed by atoms with Crippen LogP contribution < -0.4 is 16.0 Å². The normalized spacial score (nSPS) is 22.9. The second-order valence-corrected chi connectivity index (χ2v) is 9.42. The van der Waals surface area contributed by atoms with Gasteiger partial charge in [-0.2, -0.15) is 0 Å². The van der Waals surface area contributed by atoms with Crippen LogP contribution in [0.3, 0.4) is 0 Å². The second kappa shape index (κ2) is 10.1. The third-order valence-electron chi connectivity index (χ3n) is 6.49. The lowest BCUT2D eigenvalue weighted by Crippen LogP contribution is -2.42. The van der Waals surface area contributed by atoms with Gasteiger partial charge in [0.2, 0.25) is 0 Å². The summed E-state index contributed by atoms with van der Waals surface area (Å²) in [6.07, 6.45) is 7.25. The van der Waals surface area contributed by atoms with E-state index in [0.29, 0.717) is 36.1 Å². The number of aliphatic hydroxyl groups is 1. The maximum atomic E-state index is 14.6. The first-order valence-corrected chi connectivity index (χ1v) is 11.7. The van der Waals surface area contributed by atoms with Crippen molar-refractivity contribution in [3.63, 3.8) is 0 Å². The smallest absolute Gasteiger partial charge is 0.149 e. The van der Waals surface area contributed by atoms with Crippen LogP contribution in [-0.4, -0.2) is 54.1 Å². The summed E-state index contributed by atoms with van der Waals surface area (Å²) in [5.41, 5.74) is 1.62. The van der Waals surface area contributed by atoms with Crippen LogP contribution in [0.5, 0.6) is 0 Å². The zero-order valence-electron chi connectivity index (χ0n) is 19.0. The van der Waals surface area contributed by atoms with Crippen LogP contribution >= 0.6 is 0 Å². The van der Waals surface area contributed by atoms with Crippen molar-refractivity contribution in [3.8, 4) is 11.1 Å². The molecule has 174 valence electrons. The van der Waals surface area contributed by atoms with E-state index in [1.165, 1.54) is 6.20 Å². The molecule has 0 bridgehead atoms. The van der Waals surface area contributed by atoms with E-state index in [1.54, 1.807) is 13.2 Å². The van der Waals surface area contributed by atoms with Gasteiger partial charge in [-0.05, 0) is 69.2 Å². The molecule has 2 aliphatic carbocycles. The van der Waals surface area contributed by atoms with Gasteiger partial charge in [-0.25, -0.2) is 9.37 Å². The molecule has 1 atom stereocenters.